The first-order valence-corrected chi connectivity index (χ1v) is 8.25. The maximum atomic E-state index is 12.1. The number of aryl methyl sites for hydroxylation is 1. The highest BCUT2D eigenvalue weighted by molar-refractivity contribution is 7.89. The molecule has 2 rings (SSSR count). The highest BCUT2D eigenvalue weighted by atomic mass is 32.2. The summed E-state index contributed by atoms with van der Waals surface area (Å²) in [6.07, 6.45) is 0.485. The second-order valence-electron chi connectivity index (χ2n) is 5.26. The van der Waals surface area contributed by atoms with Gasteiger partial charge in [-0.1, -0.05) is 37.3 Å². The van der Waals surface area contributed by atoms with Crippen molar-refractivity contribution in [3.05, 3.63) is 35.9 Å². The molecule has 0 aromatic heterocycles. The van der Waals surface area contributed by atoms with E-state index in [1.54, 1.807) is 6.92 Å². The molecule has 1 aromatic carbocycles. The molecule has 1 unspecified atom stereocenters. The van der Waals surface area contributed by atoms with Crippen LogP contribution in [-0.4, -0.2) is 42.6 Å². The number of aliphatic carboxylic acids is 1. The molecule has 0 bridgehead atoms. The highest BCUT2D eigenvalue weighted by Gasteiger charge is 2.40. The van der Waals surface area contributed by atoms with Crippen molar-refractivity contribution in [1.82, 2.24) is 4.31 Å². The van der Waals surface area contributed by atoms with Crippen molar-refractivity contribution in [2.24, 2.45) is 11.8 Å². The molecular weight excluding hydrogens is 278 g/mol. The van der Waals surface area contributed by atoms with Gasteiger partial charge < -0.3 is 5.11 Å². The van der Waals surface area contributed by atoms with Crippen LogP contribution < -0.4 is 0 Å². The third kappa shape index (κ3) is 3.37. The normalized spacial score (nSPS) is 18.4. The van der Waals surface area contributed by atoms with Crippen LogP contribution in [0.3, 0.4) is 0 Å². The highest BCUT2D eigenvalue weighted by Crippen LogP contribution is 2.27. The van der Waals surface area contributed by atoms with E-state index in [9.17, 15) is 13.2 Å². The van der Waals surface area contributed by atoms with E-state index in [0.717, 1.165) is 5.56 Å². The molecule has 1 atom stereocenters. The Kier molecular flexibility index (Phi) is 4.45. The molecule has 1 aromatic rings. The molecule has 1 N–H and O–H groups in total. The molecule has 1 fully saturated rings. The van der Waals surface area contributed by atoms with Crippen LogP contribution in [0, 0.1) is 11.8 Å². The van der Waals surface area contributed by atoms with Gasteiger partial charge in [-0.05, 0) is 17.9 Å². The Hall–Kier alpha value is -1.40. The molecule has 1 heterocycles. The quantitative estimate of drug-likeness (QED) is 0.856. The molecule has 1 aliphatic heterocycles. The van der Waals surface area contributed by atoms with Crippen molar-refractivity contribution in [2.75, 3.05) is 18.8 Å². The Morgan fingerprint density at radius 3 is 2.50 bits per heavy atom. The second kappa shape index (κ2) is 5.93. The van der Waals surface area contributed by atoms with Gasteiger partial charge in [0.25, 0.3) is 0 Å². The molecular formula is C14H19NO4S. The van der Waals surface area contributed by atoms with Gasteiger partial charge in [-0.15, -0.1) is 0 Å². The largest absolute Gasteiger partial charge is 0.481 e. The number of hydrogen-bond acceptors (Lipinski definition) is 3. The fourth-order valence-corrected chi connectivity index (χ4v) is 3.82. The van der Waals surface area contributed by atoms with Crippen molar-refractivity contribution in [1.29, 1.82) is 0 Å². The minimum atomic E-state index is -3.27. The number of nitrogens with zero attached hydrogens (tertiary/aromatic N) is 1. The molecule has 110 valence electrons. The Balaban J connectivity index is 1.86. The summed E-state index contributed by atoms with van der Waals surface area (Å²) in [4.78, 5) is 10.8. The topological polar surface area (TPSA) is 74.7 Å². The number of sulfonamides is 1. The first-order valence-electron chi connectivity index (χ1n) is 6.64. The van der Waals surface area contributed by atoms with E-state index in [-0.39, 0.29) is 11.7 Å². The molecule has 0 amide bonds. The van der Waals surface area contributed by atoms with Gasteiger partial charge in [0, 0.05) is 13.1 Å². The van der Waals surface area contributed by atoms with Crippen LogP contribution in [0.2, 0.25) is 0 Å². The number of benzene rings is 1. The maximum absolute atomic E-state index is 12.1. The summed E-state index contributed by atoms with van der Waals surface area (Å²) in [5, 5.41) is 8.89. The fraction of sp³-hybridized carbons (Fsp3) is 0.500. The number of carboxylic acid groups (broad SMARTS) is 1. The van der Waals surface area contributed by atoms with Crippen LogP contribution >= 0.6 is 0 Å². The Bertz CT molecular complexity index is 564. The van der Waals surface area contributed by atoms with E-state index >= 15 is 0 Å². The summed E-state index contributed by atoms with van der Waals surface area (Å²) < 4.78 is 25.6. The minimum Gasteiger partial charge on any atom is -0.481 e. The van der Waals surface area contributed by atoms with Crippen molar-refractivity contribution in [3.63, 3.8) is 0 Å². The third-order valence-corrected chi connectivity index (χ3v) is 5.66. The molecule has 1 aliphatic rings. The average Bonchev–Trinajstić information content (AvgIpc) is 2.35. The van der Waals surface area contributed by atoms with Crippen LogP contribution in [0.1, 0.15) is 12.5 Å². The zero-order valence-electron chi connectivity index (χ0n) is 11.4. The summed E-state index contributed by atoms with van der Waals surface area (Å²) in [5.41, 5.74) is 0.993. The smallest absolute Gasteiger partial charge is 0.306 e. The van der Waals surface area contributed by atoms with Gasteiger partial charge in [-0.25, -0.2) is 12.7 Å². The lowest BCUT2D eigenvalue weighted by Gasteiger charge is -2.40. The summed E-state index contributed by atoms with van der Waals surface area (Å²) in [5.74, 6) is -1.35. The summed E-state index contributed by atoms with van der Waals surface area (Å²) in [6.45, 7) is 2.27. The van der Waals surface area contributed by atoms with Crippen molar-refractivity contribution in [2.45, 2.75) is 13.3 Å². The van der Waals surface area contributed by atoms with Gasteiger partial charge in [0.15, 0.2) is 0 Å². The summed E-state index contributed by atoms with van der Waals surface area (Å²) >= 11 is 0. The van der Waals surface area contributed by atoms with Crippen LogP contribution in [0.4, 0.5) is 0 Å². The van der Waals surface area contributed by atoms with E-state index in [0.29, 0.717) is 19.5 Å². The average molecular weight is 297 g/mol. The predicted octanol–water partition coefficient (Wildman–Crippen LogP) is 1.21. The lowest BCUT2D eigenvalue weighted by Crippen LogP contribution is -2.54. The van der Waals surface area contributed by atoms with Crippen molar-refractivity contribution < 1.29 is 18.3 Å². The zero-order chi connectivity index (χ0) is 14.8. The van der Waals surface area contributed by atoms with E-state index in [2.05, 4.69) is 0 Å². The monoisotopic (exact) mass is 297 g/mol. The first kappa shape index (κ1) is 15.0. The third-order valence-electron chi connectivity index (χ3n) is 3.86. The van der Waals surface area contributed by atoms with Crippen LogP contribution in [0.15, 0.2) is 30.3 Å². The van der Waals surface area contributed by atoms with Crippen molar-refractivity contribution in [3.8, 4) is 0 Å². The zero-order valence-corrected chi connectivity index (χ0v) is 12.2. The van der Waals surface area contributed by atoms with E-state index in [4.69, 9.17) is 5.11 Å². The number of carbonyl (C=O) groups is 1. The Labute approximate surface area is 119 Å². The fourth-order valence-electron chi connectivity index (χ4n) is 2.24. The molecule has 0 spiro atoms. The summed E-state index contributed by atoms with van der Waals surface area (Å²) in [7, 11) is -3.27. The van der Waals surface area contributed by atoms with E-state index < -0.39 is 21.9 Å². The number of rotatable bonds is 6. The summed E-state index contributed by atoms with van der Waals surface area (Å²) in [6, 6.07) is 9.47. The molecule has 0 aliphatic carbocycles. The molecule has 0 radical (unpaired) electrons. The Morgan fingerprint density at radius 1 is 1.35 bits per heavy atom. The van der Waals surface area contributed by atoms with Gasteiger partial charge in [0.2, 0.25) is 10.0 Å². The van der Waals surface area contributed by atoms with Gasteiger partial charge in [-0.2, -0.15) is 0 Å². The van der Waals surface area contributed by atoms with Gasteiger partial charge in [0.05, 0.1) is 11.7 Å². The van der Waals surface area contributed by atoms with E-state index in [1.165, 1.54) is 4.31 Å². The Morgan fingerprint density at radius 2 is 1.95 bits per heavy atom. The van der Waals surface area contributed by atoms with Gasteiger partial charge in [0.1, 0.15) is 0 Å². The van der Waals surface area contributed by atoms with Gasteiger partial charge in [-0.3, -0.25) is 4.79 Å². The second-order valence-corrected chi connectivity index (χ2v) is 7.34. The standard InChI is InChI=1S/C14H19NO4S/c1-11(14(16)17)13-9-15(10-13)20(18,19)8-7-12-5-3-2-4-6-12/h2-6,11,13H,7-10H2,1H3,(H,16,17). The van der Waals surface area contributed by atoms with Crippen LogP contribution in [-0.2, 0) is 21.2 Å². The number of hydrogen-bond donors (Lipinski definition) is 1. The lowest BCUT2D eigenvalue weighted by atomic mass is 9.89. The maximum Gasteiger partial charge on any atom is 0.306 e. The lowest BCUT2D eigenvalue weighted by molar-refractivity contribution is -0.144. The SMILES string of the molecule is CC(C(=O)O)C1CN(S(=O)(=O)CCc2ccccc2)C1. The van der Waals surface area contributed by atoms with Crippen LogP contribution in [0.5, 0.6) is 0 Å². The van der Waals surface area contributed by atoms with Crippen LogP contribution in [0.25, 0.3) is 0 Å². The number of carboxylic acids is 1. The van der Waals surface area contributed by atoms with Gasteiger partial charge >= 0.3 is 5.97 Å². The molecule has 1 saturated heterocycles. The van der Waals surface area contributed by atoms with E-state index in [1.807, 2.05) is 30.3 Å². The minimum absolute atomic E-state index is 0.0704. The predicted molar refractivity (Wildman–Crippen MR) is 75.8 cm³/mol. The molecule has 0 saturated carbocycles. The molecule has 6 heteroatoms. The first-order chi connectivity index (χ1) is 9.40. The van der Waals surface area contributed by atoms with Crippen molar-refractivity contribution >= 4 is 16.0 Å². The molecule has 5 nitrogen and oxygen atoms in total. The molecule has 20 heavy (non-hydrogen) atoms.